The van der Waals surface area contributed by atoms with Crippen LogP contribution in [0.4, 0.5) is 0 Å². The summed E-state index contributed by atoms with van der Waals surface area (Å²) >= 11 is 7.68. The Hall–Kier alpha value is -2.56. The number of nitrogens with zero attached hydrogens (tertiary/aromatic N) is 3. The van der Waals surface area contributed by atoms with E-state index in [4.69, 9.17) is 16.7 Å². The molecule has 0 aliphatic carbocycles. The molecular formula is C21H16ClN3S. The van der Waals surface area contributed by atoms with Gasteiger partial charge in [0.2, 0.25) is 0 Å². The zero-order valence-electron chi connectivity index (χ0n) is 14.1. The van der Waals surface area contributed by atoms with Crippen molar-refractivity contribution in [2.75, 3.05) is 0 Å². The lowest BCUT2D eigenvalue weighted by Crippen LogP contribution is -1.95. The summed E-state index contributed by atoms with van der Waals surface area (Å²) in [5.74, 6) is 0. The fourth-order valence-electron chi connectivity index (χ4n) is 2.60. The number of benzene rings is 2. The van der Waals surface area contributed by atoms with Gasteiger partial charge in [0.1, 0.15) is 5.69 Å². The van der Waals surface area contributed by atoms with Crippen molar-refractivity contribution in [1.82, 2.24) is 14.8 Å². The van der Waals surface area contributed by atoms with E-state index in [-0.39, 0.29) is 0 Å². The number of hydrogen-bond donors (Lipinski definition) is 0. The highest BCUT2D eigenvalue weighted by atomic mass is 35.5. The Balaban J connectivity index is 1.78. The fraction of sp³-hybridized carbons (Fsp3) is 0.0476. The van der Waals surface area contributed by atoms with Gasteiger partial charge in [-0.25, -0.2) is 4.68 Å². The lowest BCUT2D eigenvalue weighted by atomic mass is 10.1. The molecule has 26 heavy (non-hydrogen) atoms. The summed E-state index contributed by atoms with van der Waals surface area (Å²) in [6.45, 7) is 2.08. The van der Waals surface area contributed by atoms with Gasteiger partial charge in [-0.3, -0.25) is 4.98 Å². The number of aromatic nitrogens is 3. The van der Waals surface area contributed by atoms with E-state index in [0.29, 0.717) is 0 Å². The van der Waals surface area contributed by atoms with Crippen molar-refractivity contribution in [2.45, 2.75) is 16.7 Å². The van der Waals surface area contributed by atoms with Crippen LogP contribution in [0, 0.1) is 6.92 Å². The molecule has 0 radical (unpaired) electrons. The molecule has 0 spiro atoms. The van der Waals surface area contributed by atoms with Crippen LogP contribution < -0.4 is 0 Å². The number of pyridine rings is 1. The summed E-state index contributed by atoms with van der Waals surface area (Å²) in [7, 11) is 0. The fourth-order valence-corrected chi connectivity index (χ4v) is 3.66. The molecule has 0 N–H and O–H groups in total. The van der Waals surface area contributed by atoms with Crippen LogP contribution in [0.15, 0.2) is 89.0 Å². The third-order valence-corrected chi connectivity index (χ3v) is 5.24. The standard InChI is InChI=1S/C21H16ClN3S/c1-15-4-6-16(7-5-15)21-20(26-19-10-8-17(22)9-11-19)14-25(24-21)18-3-2-12-23-13-18/h2-14H,1H3. The first kappa shape index (κ1) is 16.9. The van der Waals surface area contributed by atoms with Crippen LogP contribution in [-0.2, 0) is 0 Å². The molecule has 4 rings (SSSR count). The Labute approximate surface area is 161 Å². The highest BCUT2D eigenvalue weighted by molar-refractivity contribution is 7.99. The van der Waals surface area contributed by atoms with Gasteiger partial charge in [-0.05, 0) is 43.3 Å². The van der Waals surface area contributed by atoms with Gasteiger partial charge in [-0.1, -0.05) is 53.2 Å². The topological polar surface area (TPSA) is 30.7 Å². The third-order valence-electron chi connectivity index (χ3n) is 3.96. The maximum absolute atomic E-state index is 6.01. The molecule has 3 nitrogen and oxygen atoms in total. The van der Waals surface area contributed by atoms with Gasteiger partial charge in [0.15, 0.2) is 0 Å². The summed E-state index contributed by atoms with van der Waals surface area (Å²) < 4.78 is 1.88. The second-order valence-electron chi connectivity index (χ2n) is 5.92. The molecule has 5 heteroatoms. The van der Waals surface area contributed by atoms with E-state index in [9.17, 15) is 0 Å². The number of aryl methyl sites for hydroxylation is 1. The van der Waals surface area contributed by atoms with Gasteiger partial charge in [0.25, 0.3) is 0 Å². The second kappa shape index (κ2) is 7.36. The molecule has 0 fully saturated rings. The van der Waals surface area contributed by atoms with Crippen LogP contribution in [0.25, 0.3) is 16.9 Å². The van der Waals surface area contributed by atoms with Crippen molar-refractivity contribution in [3.63, 3.8) is 0 Å². The average molecular weight is 378 g/mol. The van der Waals surface area contributed by atoms with Crippen molar-refractivity contribution in [1.29, 1.82) is 0 Å². The second-order valence-corrected chi connectivity index (χ2v) is 7.47. The predicted octanol–water partition coefficient (Wildman–Crippen LogP) is 6.05. The molecule has 0 aliphatic rings. The van der Waals surface area contributed by atoms with Gasteiger partial charge in [-0.2, -0.15) is 5.10 Å². The zero-order chi connectivity index (χ0) is 17.9. The molecule has 2 aromatic heterocycles. The number of hydrogen-bond acceptors (Lipinski definition) is 3. The molecule has 2 aromatic carbocycles. The molecule has 4 aromatic rings. The average Bonchev–Trinajstić information content (AvgIpc) is 3.09. The third kappa shape index (κ3) is 3.66. The monoisotopic (exact) mass is 377 g/mol. The van der Waals surface area contributed by atoms with Gasteiger partial charge in [0.05, 0.1) is 16.8 Å². The van der Waals surface area contributed by atoms with Crippen LogP contribution >= 0.6 is 23.4 Å². The summed E-state index contributed by atoms with van der Waals surface area (Å²) in [5.41, 5.74) is 4.21. The minimum absolute atomic E-state index is 0.735. The van der Waals surface area contributed by atoms with E-state index >= 15 is 0 Å². The molecule has 0 unspecified atom stereocenters. The van der Waals surface area contributed by atoms with Crippen LogP contribution in [0.5, 0.6) is 0 Å². The molecular weight excluding hydrogens is 362 g/mol. The van der Waals surface area contributed by atoms with E-state index in [1.165, 1.54) is 5.56 Å². The Bertz CT molecular complexity index is 1010. The normalized spacial score (nSPS) is 10.8. The van der Waals surface area contributed by atoms with Gasteiger partial charge in [-0.15, -0.1) is 0 Å². The Morgan fingerprint density at radius 1 is 0.962 bits per heavy atom. The maximum Gasteiger partial charge on any atom is 0.107 e. The molecule has 2 heterocycles. The Kier molecular flexibility index (Phi) is 4.78. The highest BCUT2D eigenvalue weighted by Crippen LogP contribution is 2.36. The largest absolute Gasteiger partial charge is 0.262 e. The van der Waals surface area contributed by atoms with E-state index in [1.54, 1.807) is 18.0 Å². The van der Waals surface area contributed by atoms with Crippen molar-refractivity contribution < 1.29 is 0 Å². The molecule has 128 valence electrons. The van der Waals surface area contributed by atoms with E-state index in [2.05, 4.69) is 36.2 Å². The first-order valence-electron chi connectivity index (χ1n) is 8.19. The molecule has 0 atom stereocenters. The molecule has 0 bridgehead atoms. The van der Waals surface area contributed by atoms with Crippen LogP contribution in [0.3, 0.4) is 0 Å². The lowest BCUT2D eigenvalue weighted by Gasteiger charge is -2.03. The summed E-state index contributed by atoms with van der Waals surface area (Å²) in [5, 5.41) is 5.56. The van der Waals surface area contributed by atoms with Gasteiger partial charge in [0, 0.05) is 27.9 Å². The van der Waals surface area contributed by atoms with E-state index < -0.39 is 0 Å². The number of rotatable bonds is 4. The van der Waals surface area contributed by atoms with Crippen LogP contribution in [-0.4, -0.2) is 14.8 Å². The summed E-state index contributed by atoms with van der Waals surface area (Å²) in [6.07, 6.45) is 5.62. The lowest BCUT2D eigenvalue weighted by molar-refractivity contribution is 0.876. The van der Waals surface area contributed by atoms with Crippen molar-refractivity contribution in [2.24, 2.45) is 0 Å². The van der Waals surface area contributed by atoms with Crippen LogP contribution in [0.1, 0.15) is 5.56 Å². The zero-order valence-corrected chi connectivity index (χ0v) is 15.7. The van der Waals surface area contributed by atoms with E-state index in [1.807, 2.05) is 53.5 Å². The molecule has 0 amide bonds. The van der Waals surface area contributed by atoms with Crippen molar-refractivity contribution in [3.05, 3.63) is 89.8 Å². The minimum Gasteiger partial charge on any atom is -0.262 e. The van der Waals surface area contributed by atoms with Crippen molar-refractivity contribution in [3.8, 4) is 16.9 Å². The first-order chi connectivity index (χ1) is 12.7. The molecule has 0 saturated carbocycles. The van der Waals surface area contributed by atoms with Gasteiger partial charge >= 0.3 is 0 Å². The minimum atomic E-state index is 0.735. The molecule has 0 aliphatic heterocycles. The number of halogens is 1. The quantitative estimate of drug-likeness (QED) is 0.434. The van der Waals surface area contributed by atoms with Crippen LogP contribution in [0.2, 0.25) is 5.02 Å². The van der Waals surface area contributed by atoms with E-state index in [0.717, 1.165) is 31.8 Å². The first-order valence-corrected chi connectivity index (χ1v) is 9.39. The predicted molar refractivity (Wildman–Crippen MR) is 107 cm³/mol. The Morgan fingerprint density at radius 2 is 1.73 bits per heavy atom. The summed E-state index contributed by atoms with van der Waals surface area (Å²) in [4.78, 5) is 6.40. The smallest absolute Gasteiger partial charge is 0.107 e. The molecule has 0 saturated heterocycles. The highest BCUT2D eigenvalue weighted by Gasteiger charge is 2.14. The van der Waals surface area contributed by atoms with Gasteiger partial charge < -0.3 is 0 Å². The Morgan fingerprint density at radius 3 is 2.42 bits per heavy atom. The van der Waals surface area contributed by atoms with Crippen molar-refractivity contribution >= 4 is 23.4 Å². The SMILES string of the molecule is Cc1ccc(-c2nn(-c3cccnc3)cc2Sc2ccc(Cl)cc2)cc1. The maximum atomic E-state index is 6.01. The summed E-state index contributed by atoms with van der Waals surface area (Å²) in [6, 6.07) is 20.2.